The van der Waals surface area contributed by atoms with Crippen LogP contribution >= 0.6 is 11.5 Å². The van der Waals surface area contributed by atoms with Crippen molar-refractivity contribution in [2.75, 3.05) is 6.54 Å². The second kappa shape index (κ2) is 6.58. The van der Waals surface area contributed by atoms with Crippen LogP contribution in [-0.4, -0.2) is 16.1 Å². The maximum Gasteiger partial charge on any atom is 0.134 e. The Kier molecular flexibility index (Phi) is 5.00. The van der Waals surface area contributed by atoms with Crippen molar-refractivity contribution in [3.05, 3.63) is 45.5 Å². The van der Waals surface area contributed by atoms with Gasteiger partial charge in [0.25, 0.3) is 0 Å². The number of rotatable bonds is 5. The number of nitrogens with zero attached hydrogens (tertiary/aromatic N) is 2. The molecule has 0 aliphatic carbocycles. The van der Waals surface area contributed by atoms with Crippen LogP contribution in [0.3, 0.4) is 0 Å². The number of aromatic nitrogens is 2. The second-order valence-electron chi connectivity index (χ2n) is 5.26. The summed E-state index contributed by atoms with van der Waals surface area (Å²) in [6.07, 6.45) is 0. The molecule has 1 aromatic heterocycles. The van der Waals surface area contributed by atoms with E-state index in [1.807, 2.05) is 20.8 Å². The summed E-state index contributed by atoms with van der Waals surface area (Å²) in [6, 6.07) is 2.19. The Morgan fingerprint density at radius 3 is 2.62 bits per heavy atom. The van der Waals surface area contributed by atoms with Crippen molar-refractivity contribution in [3.8, 4) is 0 Å². The van der Waals surface area contributed by atoms with Crippen LogP contribution in [0.1, 0.15) is 54.4 Å². The number of benzene rings is 1. The molecule has 1 aromatic carbocycles. The molecule has 114 valence electrons. The molecule has 0 aliphatic rings. The first-order valence-electron chi connectivity index (χ1n) is 6.97. The molecule has 0 amide bonds. The lowest BCUT2D eigenvalue weighted by molar-refractivity contribution is 0.506. The topological polar surface area (TPSA) is 37.8 Å². The standard InChI is InChI=1S/C15H19F2N3S/c1-5-18-14(15-13(8(2)3)19-20-21-15)11-10(16)7-6-9(4)12(11)17/h6-8,14,18H,5H2,1-4H3. The van der Waals surface area contributed by atoms with Crippen LogP contribution in [0.4, 0.5) is 8.78 Å². The van der Waals surface area contributed by atoms with Crippen LogP contribution in [0.2, 0.25) is 0 Å². The SMILES string of the molecule is CCNC(c1snnc1C(C)C)c1c(F)ccc(C)c1F. The van der Waals surface area contributed by atoms with E-state index in [0.29, 0.717) is 12.1 Å². The van der Waals surface area contributed by atoms with Crippen molar-refractivity contribution in [1.29, 1.82) is 0 Å². The van der Waals surface area contributed by atoms with E-state index in [2.05, 4.69) is 14.9 Å². The van der Waals surface area contributed by atoms with Crippen LogP contribution in [0, 0.1) is 18.6 Å². The fourth-order valence-corrected chi connectivity index (χ4v) is 3.17. The summed E-state index contributed by atoms with van der Waals surface area (Å²) in [6.45, 7) is 8.11. The fraction of sp³-hybridized carbons (Fsp3) is 0.467. The highest BCUT2D eigenvalue weighted by molar-refractivity contribution is 7.05. The molecule has 1 atom stereocenters. The summed E-state index contributed by atoms with van der Waals surface area (Å²) in [5.74, 6) is -0.910. The molecule has 1 N–H and O–H groups in total. The normalized spacial score (nSPS) is 12.9. The van der Waals surface area contributed by atoms with E-state index in [0.717, 1.165) is 10.6 Å². The zero-order valence-corrected chi connectivity index (χ0v) is 13.4. The number of hydrogen-bond donors (Lipinski definition) is 1. The van der Waals surface area contributed by atoms with Crippen molar-refractivity contribution in [1.82, 2.24) is 14.9 Å². The Hall–Kier alpha value is -1.40. The third kappa shape index (κ3) is 3.11. The van der Waals surface area contributed by atoms with Gasteiger partial charge in [-0.2, -0.15) is 0 Å². The molecular weight excluding hydrogens is 292 g/mol. The van der Waals surface area contributed by atoms with Gasteiger partial charge in [0.15, 0.2) is 0 Å². The van der Waals surface area contributed by atoms with Gasteiger partial charge in [0.2, 0.25) is 0 Å². The molecule has 2 rings (SSSR count). The molecule has 0 bridgehead atoms. The van der Waals surface area contributed by atoms with Gasteiger partial charge in [0.05, 0.1) is 16.6 Å². The predicted octanol–water partition coefficient (Wildman–Crippen LogP) is 3.95. The van der Waals surface area contributed by atoms with Gasteiger partial charge in [0.1, 0.15) is 11.6 Å². The first-order chi connectivity index (χ1) is 9.97. The van der Waals surface area contributed by atoms with Gasteiger partial charge < -0.3 is 5.32 Å². The molecule has 0 radical (unpaired) electrons. The van der Waals surface area contributed by atoms with E-state index in [1.165, 1.54) is 23.7 Å². The third-order valence-electron chi connectivity index (χ3n) is 3.37. The van der Waals surface area contributed by atoms with Crippen molar-refractivity contribution in [3.63, 3.8) is 0 Å². The van der Waals surface area contributed by atoms with Gasteiger partial charge in [0, 0.05) is 5.56 Å². The van der Waals surface area contributed by atoms with E-state index >= 15 is 0 Å². The zero-order valence-electron chi connectivity index (χ0n) is 12.6. The molecule has 2 aromatic rings. The lowest BCUT2D eigenvalue weighted by atomic mass is 9.97. The summed E-state index contributed by atoms with van der Waals surface area (Å²) in [5.41, 5.74) is 1.26. The summed E-state index contributed by atoms with van der Waals surface area (Å²) in [5, 5.41) is 7.27. The zero-order chi connectivity index (χ0) is 15.6. The van der Waals surface area contributed by atoms with E-state index in [1.54, 1.807) is 6.92 Å². The van der Waals surface area contributed by atoms with Crippen molar-refractivity contribution >= 4 is 11.5 Å². The minimum absolute atomic E-state index is 0.0461. The minimum atomic E-state index is -0.563. The Morgan fingerprint density at radius 2 is 2.00 bits per heavy atom. The van der Waals surface area contributed by atoms with Gasteiger partial charge in [-0.25, -0.2) is 8.78 Å². The highest BCUT2D eigenvalue weighted by Gasteiger charge is 2.27. The number of halogens is 2. The molecule has 6 heteroatoms. The Bertz CT molecular complexity index is 625. The summed E-state index contributed by atoms with van der Waals surface area (Å²) >= 11 is 1.19. The molecular formula is C15H19F2N3S. The molecule has 0 saturated carbocycles. The summed E-state index contributed by atoms with van der Waals surface area (Å²) in [7, 11) is 0. The van der Waals surface area contributed by atoms with Crippen molar-refractivity contribution in [2.45, 2.75) is 39.7 Å². The molecule has 1 unspecified atom stereocenters. The molecule has 0 spiro atoms. The monoisotopic (exact) mass is 311 g/mol. The van der Waals surface area contributed by atoms with Crippen LogP contribution in [-0.2, 0) is 0 Å². The predicted molar refractivity (Wildman–Crippen MR) is 80.6 cm³/mol. The number of nitrogens with one attached hydrogen (secondary N) is 1. The highest BCUT2D eigenvalue weighted by Crippen LogP contribution is 2.34. The van der Waals surface area contributed by atoms with E-state index in [9.17, 15) is 8.78 Å². The maximum absolute atomic E-state index is 14.4. The van der Waals surface area contributed by atoms with E-state index in [-0.39, 0.29) is 11.5 Å². The van der Waals surface area contributed by atoms with Crippen LogP contribution in [0.5, 0.6) is 0 Å². The maximum atomic E-state index is 14.4. The molecule has 0 fully saturated rings. The lowest BCUT2D eigenvalue weighted by Gasteiger charge is -2.20. The van der Waals surface area contributed by atoms with Crippen molar-refractivity contribution < 1.29 is 8.78 Å². The average molecular weight is 311 g/mol. The van der Waals surface area contributed by atoms with Crippen LogP contribution < -0.4 is 5.32 Å². The largest absolute Gasteiger partial charge is 0.306 e. The number of aryl methyl sites for hydroxylation is 1. The average Bonchev–Trinajstić information content (AvgIpc) is 2.91. The van der Waals surface area contributed by atoms with Crippen LogP contribution in [0.25, 0.3) is 0 Å². The Morgan fingerprint density at radius 1 is 1.29 bits per heavy atom. The Balaban J connectivity index is 2.59. The molecule has 0 saturated heterocycles. The summed E-state index contributed by atoms with van der Waals surface area (Å²) in [4.78, 5) is 0.773. The van der Waals surface area contributed by atoms with Gasteiger partial charge in [-0.15, -0.1) is 5.10 Å². The first kappa shape index (κ1) is 16.0. The van der Waals surface area contributed by atoms with Gasteiger partial charge in [-0.1, -0.05) is 31.3 Å². The van der Waals surface area contributed by atoms with E-state index < -0.39 is 17.7 Å². The molecule has 1 heterocycles. The van der Waals surface area contributed by atoms with E-state index in [4.69, 9.17) is 0 Å². The summed E-state index contributed by atoms with van der Waals surface area (Å²) < 4.78 is 32.6. The minimum Gasteiger partial charge on any atom is -0.306 e. The highest BCUT2D eigenvalue weighted by atomic mass is 32.1. The Labute approximate surface area is 127 Å². The van der Waals surface area contributed by atoms with Crippen molar-refractivity contribution in [2.24, 2.45) is 0 Å². The van der Waals surface area contributed by atoms with Gasteiger partial charge >= 0.3 is 0 Å². The van der Waals surface area contributed by atoms with Gasteiger partial charge in [-0.3, -0.25) is 0 Å². The second-order valence-corrected chi connectivity index (χ2v) is 6.05. The molecule has 21 heavy (non-hydrogen) atoms. The number of hydrogen-bond acceptors (Lipinski definition) is 4. The smallest absolute Gasteiger partial charge is 0.134 e. The fourth-order valence-electron chi connectivity index (χ4n) is 2.28. The van der Waals surface area contributed by atoms with Gasteiger partial charge in [-0.05, 0) is 42.5 Å². The van der Waals surface area contributed by atoms with Crippen LogP contribution in [0.15, 0.2) is 12.1 Å². The first-order valence-corrected chi connectivity index (χ1v) is 7.74. The quantitative estimate of drug-likeness (QED) is 0.908. The third-order valence-corrected chi connectivity index (χ3v) is 4.17. The molecule has 0 aliphatic heterocycles. The lowest BCUT2D eigenvalue weighted by Crippen LogP contribution is -2.25. The molecule has 3 nitrogen and oxygen atoms in total.